The van der Waals surface area contributed by atoms with Gasteiger partial charge in [-0.15, -0.1) is 11.3 Å². The van der Waals surface area contributed by atoms with Crippen LogP contribution in [0, 0.1) is 5.92 Å². The highest BCUT2D eigenvalue weighted by Gasteiger charge is 2.29. The lowest BCUT2D eigenvalue weighted by Crippen LogP contribution is -2.55. The topological polar surface area (TPSA) is 48.5 Å². The second-order valence-corrected chi connectivity index (χ2v) is 7.76. The molecule has 0 spiro atoms. The zero-order valence-corrected chi connectivity index (χ0v) is 15.0. The summed E-state index contributed by atoms with van der Waals surface area (Å²) >= 11 is 1.69. The number of anilines is 1. The van der Waals surface area contributed by atoms with Gasteiger partial charge >= 0.3 is 0 Å². The van der Waals surface area contributed by atoms with E-state index in [1.807, 2.05) is 18.5 Å². The van der Waals surface area contributed by atoms with Crippen molar-refractivity contribution in [3.63, 3.8) is 0 Å². The Bertz CT molecular complexity index is 499. The number of nitrogens with zero attached hydrogens (tertiary/aromatic N) is 3. The number of hydrogen-bond donors (Lipinski definition) is 1. The van der Waals surface area contributed by atoms with E-state index in [0.29, 0.717) is 12.0 Å². The molecule has 3 rings (SSSR count). The number of aromatic nitrogens is 1. The van der Waals surface area contributed by atoms with E-state index in [1.54, 1.807) is 11.3 Å². The van der Waals surface area contributed by atoms with E-state index in [4.69, 9.17) is 0 Å². The van der Waals surface area contributed by atoms with E-state index in [-0.39, 0.29) is 11.9 Å². The van der Waals surface area contributed by atoms with Gasteiger partial charge in [-0.05, 0) is 25.7 Å². The Labute approximate surface area is 143 Å². The molecular weight excluding hydrogens is 308 g/mol. The van der Waals surface area contributed by atoms with Gasteiger partial charge in [0.2, 0.25) is 5.91 Å². The monoisotopic (exact) mass is 336 g/mol. The molecule has 1 aromatic rings. The Morgan fingerprint density at radius 3 is 2.70 bits per heavy atom. The molecule has 1 saturated heterocycles. The summed E-state index contributed by atoms with van der Waals surface area (Å²) < 4.78 is 0. The molecule has 128 valence electrons. The van der Waals surface area contributed by atoms with Gasteiger partial charge in [-0.25, -0.2) is 4.98 Å². The van der Waals surface area contributed by atoms with Gasteiger partial charge in [0.15, 0.2) is 5.13 Å². The number of nitrogens with one attached hydrogen (secondary N) is 1. The number of rotatable bonds is 4. The maximum absolute atomic E-state index is 12.6. The molecule has 5 nitrogen and oxygen atoms in total. The molecule has 1 N–H and O–H groups in total. The van der Waals surface area contributed by atoms with Crippen LogP contribution in [0.15, 0.2) is 11.6 Å². The number of thiazole rings is 1. The number of carbonyl (C=O) groups excluding carboxylic acids is 1. The summed E-state index contributed by atoms with van der Waals surface area (Å²) in [6, 6.07) is 0.331. The van der Waals surface area contributed by atoms with Gasteiger partial charge in [0, 0.05) is 43.8 Å². The van der Waals surface area contributed by atoms with Crippen LogP contribution < -0.4 is 10.2 Å². The van der Waals surface area contributed by atoms with Crippen LogP contribution in [0.4, 0.5) is 5.13 Å². The molecule has 0 radical (unpaired) electrons. The first-order valence-electron chi connectivity index (χ1n) is 8.84. The van der Waals surface area contributed by atoms with Crippen LogP contribution in [-0.2, 0) is 4.79 Å². The maximum atomic E-state index is 12.6. The van der Waals surface area contributed by atoms with Crippen molar-refractivity contribution in [2.45, 2.75) is 51.6 Å². The Balaban J connectivity index is 1.48. The average molecular weight is 337 g/mol. The van der Waals surface area contributed by atoms with Crippen LogP contribution in [0.1, 0.15) is 39.5 Å². The van der Waals surface area contributed by atoms with Gasteiger partial charge in [-0.2, -0.15) is 0 Å². The van der Waals surface area contributed by atoms with Crippen molar-refractivity contribution >= 4 is 22.4 Å². The minimum Gasteiger partial charge on any atom is -0.352 e. The fourth-order valence-corrected chi connectivity index (χ4v) is 4.37. The standard InChI is InChI=1S/C17H28N4OS/c1-13-5-3-4-6-15(13)19-16(22)14(2)20-8-10-21(11-9-20)17-18-7-12-23-17/h7,12-15H,3-6,8-11H2,1-2H3,(H,19,22)/t13-,14+,15-/m0/s1. The van der Waals surface area contributed by atoms with Crippen LogP contribution in [0.5, 0.6) is 0 Å². The molecule has 1 aliphatic carbocycles. The summed E-state index contributed by atoms with van der Waals surface area (Å²) in [6.45, 7) is 8.06. The molecular formula is C17H28N4OS. The van der Waals surface area contributed by atoms with Gasteiger partial charge in [-0.1, -0.05) is 19.8 Å². The molecule has 1 amide bonds. The summed E-state index contributed by atoms with van der Waals surface area (Å²) in [7, 11) is 0. The van der Waals surface area contributed by atoms with Crippen molar-refractivity contribution in [3.05, 3.63) is 11.6 Å². The number of piperazine rings is 1. The Morgan fingerprint density at radius 2 is 2.04 bits per heavy atom. The third kappa shape index (κ3) is 4.04. The minimum absolute atomic E-state index is 0.0393. The summed E-state index contributed by atoms with van der Waals surface area (Å²) in [5.74, 6) is 0.813. The second-order valence-electron chi connectivity index (χ2n) is 6.89. The zero-order valence-electron chi connectivity index (χ0n) is 14.2. The van der Waals surface area contributed by atoms with Gasteiger partial charge in [0.1, 0.15) is 0 Å². The molecule has 2 aliphatic rings. The van der Waals surface area contributed by atoms with E-state index >= 15 is 0 Å². The minimum atomic E-state index is -0.0393. The molecule has 23 heavy (non-hydrogen) atoms. The number of hydrogen-bond acceptors (Lipinski definition) is 5. The fourth-order valence-electron chi connectivity index (χ4n) is 3.67. The van der Waals surface area contributed by atoms with E-state index in [2.05, 4.69) is 27.0 Å². The Kier molecular flexibility index (Phi) is 5.54. The van der Waals surface area contributed by atoms with Crippen molar-refractivity contribution in [3.8, 4) is 0 Å². The summed E-state index contributed by atoms with van der Waals surface area (Å²) in [4.78, 5) is 21.6. The molecule has 0 unspecified atom stereocenters. The zero-order chi connectivity index (χ0) is 16.2. The van der Waals surface area contributed by atoms with E-state index < -0.39 is 0 Å². The summed E-state index contributed by atoms with van der Waals surface area (Å²) in [5, 5.41) is 6.41. The van der Waals surface area contributed by atoms with Crippen LogP contribution in [-0.4, -0.2) is 54.1 Å². The lowest BCUT2D eigenvalue weighted by atomic mass is 9.86. The molecule has 0 aromatic carbocycles. The third-order valence-corrected chi connectivity index (χ3v) is 6.20. The first-order chi connectivity index (χ1) is 11.1. The third-order valence-electron chi connectivity index (χ3n) is 5.37. The van der Waals surface area contributed by atoms with Crippen molar-refractivity contribution in [2.75, 3.05) is 31.1 Å². The van der Waals surface area contributed by atoms with E-state index in [1.165, 1.54) is 19.3 Å². The molecule has 1 aliphatic heterocycles. The molecule has 3 atom stereocenters. The summed E-state index contributed by atoms with van der Waals surface area (Å²) in [6.07, 6.45) is 6.79. The first kappa shape index (κ1) is 16.7. The van der Waals surface area contributed by atoms with Crippen LogP contribution in [0.25, 0.3) is 0 Å². The highest BCUT2D eigenvalue weighted by molar-refractivity contribution is 7.13. The van der Waals surface area contributed by atoms with E-state index in [0.717, 1.165) is 37.7 Å². The Hall–Kier alpha value is -1.14. The lowest BCUT2D eigenvalue weighted by Gasteiger charge is -2.38. The molecule has 1 saturated carbocycles. The number of carbonyl (C=O) groups is 1. The number of amides is 1. The Morgan fingerprint density at radius 1 is 1.30 bits per heavy atom. The lowest BCUT2D eigenvalue weighted by molar-refractivity contribution is -0.127. The van der Waals surface area contributed by atoms with Crippen LogP contribution in [0.2, 0.25) is 0 Å². The van der Waals surface area contributed by atoms with Gasteiger partial charge < -0.3 is 10.2 Å². The first-order valence-corrected chi connectivity index (χ1v) is 9.72. The SMILES string of the molecule is C[C@H](C(=O)N[C@H]1CCCC[C@@H]1C)N1CCN(c2nccs2)CC1. The van der Waals surface area contributed by atoms with Gasteiger partial charge in [0.25, 0.3) is 0 Å². The van der Waals surface area contributed by atoms with Crippen LogP contribution >= 0.6 is 11.3 Å². The highest BCUT2D eigenvalue weighted by Crippen LogP contribution is 2.24. The normalized spacial score (nSPS) is 27.7. The molecule has 2 heterocycles. The molecule has 0 bridgehead atoms. The highest BCUT2D eigenvalue weighted by atomic mass is 32.1. The average Bonchev–Trinajstić information content (AvgIpc) is 3.11. The molecule has 6 heteroatoms. The van der Waals surface area contributed by atoms with Crippen molar-refractivity contribution < 1.29 is 4.79 Å². The van der Waals surface area contributed by atoms with Crippen LogP contribution in [0.3, 0.4) is 0 Å². The quantitative estimate of drug-likeness (QED) is 0.917. The molecule has 1 aromatic heterocycles. The van der Waals surface area contributed by atoms with E-state index in [9.17, 15) is 4.79 Å². The summed E-state index contributed by atoms with van der Waals surface area (Å²) in [5.41, 5.74) is 0. The fraction of sp³-hybridized carbons (Fsp3) is 0.765. The van der Waals surface area contributed by atoms with Crippen molar-refractivity contribution in [1.29, 1.82) is 0 Å². The largest absolute Gasteiger partial charge is 0.352 e. The predicted molar refractivity (Wildman–Crippen MR) is 94.9 cm³/mol. The smallest absolute Gasteiger partial charge is 0.237 e. The van der Waals surface area contributed by atoms with Gasteiger partial charge in [-0.3, -0.25) is 9.69 Å². The molecule has 2 fully saturated rings. The van der Waals surface area contributed by atoms with Crippen molar-refractivity contribution in [1.82, 2.24) is 15.2 Å². The predicted octanol–water partition coefficient (Wildman–Crippen LogP) is 2.35. The maximum Gasteiger partial charge on any atom is 0.237 e. The second kappa shape index (κ2) is 7.62. The van der Waals surface area contributed by atoms with Crippen molar-refractivity contribution in [2.24, 2.45) is 5.92 Å². The van der Waals surface area contributed by atoms with Gasteiger partial charge in [0.05, 0.1) is 6.04 Å².